The molecule has 0 spiro atoms. The predicted octanol–water partition coefficient (Wildman–Crippen LogP) is 2.16. The van der Waals surface area contributed by atoms with Crippen molar-refractivity contribution < 1.29 is 4.74 Å². The van der Waals surface area contributed by atoms with Crippen molar-refractivity contribution >= 4 is 11.8 Å². The molecular weight excluding hydrogens is 144 g/mol. The Morgan fingerprint density at radius 1 is 1.50 bits per heavy atom. The Kier molecular flexibility index (Phi) is 3.57. The smallest absolute Gasteiger partial charge is 0.0580 e. The van der Waals surface area contributed by atoms with Crippen LogP contribution in [0.5, 0.6) is 0 Å². The fourth-order valence-corrected chi connectivity index (χ4v) is 2.16. The summed E-state index contributed by atoms with van der Waals surface area (Å²) >= 11 is 1.95. The van der Waals surface area contributed by atoms with E-state index in [2.05, 4.69) is 13.2 Å². The molecule has 0 N–H and O–H groups in total. The molecule has 1 aliphatic rings. The minimum absolute atomic E-state index is 0.599. The molecule has 1 rings (SSSR count). The van der Waals surface area contributed by atoms with Gasteiger partial charge in [-0.2, -0.15) is 11.8 Å². The van der Waals surface area contributed by atoms with Crippen LogP contribution < -0.4 is 0 Å². The molecule has 60 valence electrons. The van der Waals surface area contributed by atoms with Crippen molar-refractivity contribution in [2.75, 3.05) is 18.6 Å². The summed E-state index contributed by atoms with van der Waals surface area (Å²) in [6.07, 6.45) is 5.37. The molecule has 0 unspecified atom stereocenters. The Labute approximate surface area is 67.5 Å². The highest BCUT2D eigenvalue weighted by molar-refractivity contribution is 7.98. The van der Waals surface area contributed by atoms with Crippen LogP contribution in [0.3, 0.4) is 0 Å². The number of hydrogen-bond acceptors (Lipinski definition) is 2. The molecule has 1 nitrogen and oxygen atoms in total. The van der Waals surface area contributed by atoms with Crippen LogP contribution >= 0.6 is 11.8 Å². The van der Waals surface area contributed by atoms with Crippen molar-refractivity contribution in [3.8, 4) is 0 Å². The number of hydrogen-bond donors (Lipinski definition) is 0. The molecule has 0 aromatic heterocycles. The SMILES string of the molecule is CCOC1CC(CSC)C1. The lowest BCUT2D eigenvalue weighted by Gasteiger charge is -2.34. The topological polar surface area (TPSA) is 9.23 Å². The maximum absolute atomic E-state index is 5.45. The van der Waals surface area contributed by atoms with Crippen LogP contribution in [0.15, 0.2) is 0 Å². The maximum atomic E-state index is 5.45. The summed E-state index contributed by atoms with van der Waals surface area (Å²) in [4.78, 5) is 0. The van der Waals surface area contributed by atoms with E-state index in [4.69, 9.17) is 4.74 Å². The first-order valence-electron chi connectivity index (χ1n) is 3.97. The first-order valence-corrected chi connectivity index (χ1v) is 5.36. The Balaban J connectivity index is 1.95. The third-order valence-electron chi connectivity index (χ3n) is 2.00. The van der Waals surface area contributed by atoms with Gasteiger partial charge in [0.1, 0.15) is 0 Å². The van der Waals surface area contributed by atoms with Gasteiger partial charge in [-0.05, 0) is 37.7 Å². The van der Waals surface area contributed by atoms with E-state index in [1.54, 1.807) is 0 Å². The van der Waals surface area contributed by atoms with Gasteiger partial charge in [-0.1, -0.05) is 0 Å². The molecule has 1 aliphatic carbocycles. The molecule has 1 fully saturated rings. The molecule has 0 amide bonds. The predicted molar refractivity (Wildman–Crippen MR) is 46.5 cm³/mol. The van der Waals surface area contributed by atoms with Crippen molar-refractivity contribution in [1.29, 1.82) is 0 Å². The van der Waals surface area contributed by atoms with Crippen LogP contribution in [-0.2, 0) is 4.74 Å². The second-order valence-electron chi connectivity index (χ2n) is 2.87. The molecule has 0 aromatic rings. The molecule has 2 heteroatoms. The zero-order valence-electron chi connectivity index (χ0n) is 6.80. The summed E-state index contributed by atoms with van der Waals surface area (Å²) in [7, 11) is 0. The Morgan fingerprint density at radius 2 is 2.20 bits per heavy atom. The summed E-state index contributed by atoms with van der Waals surface area (Å²) in [5.41, 5.74) is 0. The minimum atomic E-state index is 0.599. The van der Waals surface area contributed by atoms with Gasteiger partial charge in [-0.25, -0.2) is 0 Å². The average Bonchev–Trinajstić information content (AvgIpc) is 1.84. The largest absolute Gasteiger partial charge is 0.378 e. The lowest BCUT2D eigenvalue weighted by molar-refractivity contribution is -0.0176. The second-order valence-corrected chi connectivity index (χ2v) is 3.78. The zero-order chi connectivity index (χ0) is 7.40. The van der Waals surface area contributed by atoms with Crippen molar-refractivity contribution in [2.45, 2.75) is 25.9 Å². The molecule has 0 heterocycles. The zero-order valence-corrected chi connectivity index (χ0v) is 7.62. The Morgan fingerprint density at radius 3 is 2.70 bits per heavy atom. The van der Waals surface area contributed by atoms with Gasteiger partial charge in [-0.15, -0.1) is 0 Å². The number of rotatable bonds is 4. The molecule has 10 heavy (non-hydrogen) atoms. The molecule has 0 atom stereocenters. The van der Waals surface area contributed by atoms with E-state index >= 15 is 0 Å². The summed E-state index contributed by atoms with van der Waals surface area (Å²) < 4.78 is 5.45. The van der Waals surface area contributed by atoms with Crippen LogP contribution in [0.25, 0.3) is 0 Å². The van der Waals surface area contributed by atoms with Crippen molar-refractivity contribution in [3.05, 3.63) is 0 Å². The standard InChI is InChI=1S/C8H16OS/c1-3-9-8-4-7(5-8)6-10-2/h7-8H,3-6H2,1-2H3. The van der Waals surface area contributed by atoms with E-state index in [0.29, 0.717) is 6.10 Å². The normalized spacial score (nSPS) is 31.8. The van der Waals surface area contributed by atoms with E-state index in [0.717, 1.165) is 12.5 Å². The highest BCUT2D eigenvalue weighted by atomic mass is 32.2. The van der Waals surface area contributed by atoms with E-state index in [1.165, 1.54) is 18.6 Å². The summed E-state index contributed by atoms with van der Waals surface area (Å²) in [6.45, 7) is 2.96. The summed E-state index contributed by atoms with van der Waals surface area (Å²) in [5.74, 6) is 2.27. The van der Waals surface area contributed by atoms with Gasteiger partial charge in [0.05, 0.1) is 6.10 Å². The Bertz CT molecular complexity index is 79.3. The van der Waals surface area contributed by atoms with E-state index in [1.807, 2.05) is 11.8 Å². The fourth-order valence-electron chi connectivity index (χ4n) is 1.42. The van der Waals surface area contributed by atoms with E-state index < -0.39 is 0 Å². The Hall–Kier alpha value is 0.310. The summed E-state index contributed by atoms with van der Waals surface area (Å²) in [6, 6.07) is 0. The van der Waals surface area contributed by atoms with Gasteiger partial charge in [0, 0.05) is 6.61 Å². The summed E-state index contributed by atoms with van der Waals surface area (Å²) in [5, 5.41) is 0. The highest BCUT2D eigenvalue weighted by Crippen LogP contribution is 2.31. The van der Waals surface area contributed by atoms with Gasteiger partial charge in [0.2, 0.25) is 0 Å². The van der Waals surface area contributed by atoms with Crippen LogP contribution in [0, 0.1) is 5.92 Å². The molecule has 0 aliphatic heterocycles. The van der Waals surface area contributed by atoms with E-state index in [-0.39, 0.29) is 0 Å². The quantitative estimate of drug-likeness (QED) is 0.623. The lowest BCUT2D eigenvalue weighted by Crippen LogP contribution is -2.32. The first kappa shape index (κ1) is 8.41. The number of ether oxygens (including phenoxy) is 1. The van der Waals surface area contributed by atoms with Crippen molar-refractivity contribution in [1.82, 2.24) is 0 Å². The highest BCUT2D eigenvalue weighted by Gasteiger charge is 2.28. The van der Waals surface area contributed by atoms with Crippen LogP contribution in [0.1, 0.15) is 19.8 Å². The third-order valence-corrected chi connectivity index (χ3v) is 2.80. The van der Waals surface area contributed by atoms with Gasteiger partial charge >= 0.3 is 0 Å². The van der Waals surface area contributed by atoms with Crippen molar-refractivity contribution in [3.63, 3.8) is 0 Å². The molecular formula is C8H16OS. The first-order chi connectivity index (χ1) is 4.86. The maximum Gasteiger partial charge on any atom is 0.0580 e. The molecule has 0 bridgehead atoms. The molecule has 0 radical (unpaired) electrons. The monoisotopic (exact) mass is 160 g/mol. The molecule has 1 saturated carbocycles. The second kappa shape index (κ2) is 4.24. The number of thioether (sulfide) groups is 1. The molecule has 0 aromatic carbocycles. The lowest BCUT2D eigenvalue weighted by atomic mass is 9.84. The van der Waals surface area contributed by atoms with Crippen LogP contribution in [-0.4, -0.2) is 24.7 Å². The third kappa shape index (κ3) is 2.17. The minimum Gasteiger partial charge on any atom is -0.378 e. The van der Waals surface area contributed by atoms with Gasteiger partial charge in [0.15, 0.2) is 0 Å². The average molecular weight is 160 g/mol. The molecule has 0 saturated heterocycles. The van der Waals surface area contributed by atoms with Gasteiger partial charge in [0.25, 0.3) is 0 Å². The van der Waals surface area contributed by atoms with E-state index in [9.17, 15) is 0 Å². The van der Waals surface area contributed by atoms with Crippen LogP contribution in [0.4, 0.5) is 0 Å². The van der Waals surface area contributed by atoms with Crippen molar-refractivity contribution in [2.24, 2.45) is 5.92 Å². The van der Waals surface area contributed by atoms with Gasteiger partial charge in [-0.3, -0.25) is 0 Å². The fraction of sp³-hybridized carbons (Fsp3) is 1.00. The van der Waals surface area contributed by atoms with Gasteiger partial charge < -0.3 is 4.74 Å². The van der Waals surface area contributed by atoms with Crippen LogP contribution in [0.2, 0.25) is 0 Å².